The molecule has 2 fully saturated rings. The van der Waals surface area contributed by atoms with E-state index in [9.17, 15) is 4.79 Å². The lowest BCUT2D eigenvalue weighted by atomic mass is 9.87. The second kappa shape index (κ2) is 10.9. The first-order valence-corrected chi connectivity index (χ1v) is 14.5. The lowest BCUT2D eigenvalue weighted by Crippen LogP contribution is -2.44. The smallest absolute Gasteiger partial charge is 0.224 e. The molecule has 41 heavy (non-hydrogen) atoms. The van der Waals surface area contributed by atoms with Crippen LogP contribution in [-0.2, 0) is 4.79 Å². The van der Waals surface area contributed by atoms with E-state index >= 15 is 0 Å². The van der Waals surface area contributed by atoms with E-state index in [1.54, 1.807) is 18.6 Å². The number of rotatable bonds is 6. The summed E-state index contributed by atoms with van der Waals surface area (Å²) in [6, 6.07) is 3.92. The molecule has 5 aromatic heterocycles. The third-order valence-corrected chi connectivity index (χ3v) is 8.41. The summed E-state index contributed by atoms with van der Waals surface area (Å²) in [6.45, 7) is 3.89. The summed E-state index contributed by atoms with van der Waals surface area (Å²) in [5.74, 6) is 1.20. The lowest BCUT2D eigenvalue weighted by Gasteiger charge is -2.33. The third kappa shape index (κ3) is 5.24. The molecule has 11 heteroatoms. The molecule has 3 N–H and O–H groups in total. The molecule has 0 spiro atoms. The summed E-state index contributed by atoms with van der Waals surface area (Å²) in [4.78, 5) is 39.3. The molecule has 6 heterocycles. The monoisotopic (exact) mass is 550 g/mol. The molecule has 0 aromatic carbocycles. The van der Waals surface area contributed by atoms with Gasteiger partial charge < -0.3 is 20.1 Å². The molecule has 0 atom stereocenters. The number of pyridine rings is 3. The average molecular weight is 551 g/mol. The van der Waals surface area contributed by atoms with Gasteiger partial charge in [-0.15, -0.1) is 0 Å². The highest BCUT2D eigenvalue weighted by Gasteiger charge is 2.21. The van der Waals surface area contributed by atoms with Gasteiger partial charge in [0.05, 0.1) is 52.9 Å². The summed E-state index contributed by atoms with van der Waals surface area (Å²) in [5, 5.41) is 11.6. The van der Waals surface area contributed by atoms with Crippen molar-refractivity contribution in [3.63, 3.8) is 0 Å². The van der Waals surface area contributed by atoms with E-state index in [-0.39, 0.29) is 5.91 Å². The van der Waals surface area contributed by atoms with Gasteiger partial charge in [0.1, 0.15) is 11.2 Å². The van der Waals surface area contributed by atoms with Gasteiger partial charge in [-0.1, -0.05) is 19.3 Å². The van der Waals surface area contributed by atoms with Crippen molar-refractivity contribution < 1.29 is 4.79 Å². The second-order valence-electron chi connectivity index (χ2n) is 11.3. The minimum atomic E-state index is 0.0479. The van der Waals surface area contributed by atoms with Gasteiger partial charge in [0.2, 0.25) is 5.91 Å². The van der Waals surface area contributed by atoms with Crippen molar-refractivity contribution in [2.75, 3.05) is 43.4 Å². The molecule has 1 aliphatic carbocycles. The zero-order valence-corrected chi connectivity index (χ0v) is 23.2. The number of hydrogen-bond donors (Lipinski definition) is 3. The van der Waals surface area contributed by atoms with Crippen LogP contribution in [0.4, 0.5) is 11.4 Å². The Balaban J connectivity index is 1.16. The molecule has 0 unspecified atom stereocenters. The van der Waals surface area contributed by atoms with Crippen molar-refractivity contribution in [2.45, 2.75) is 38.5 Å². The number of aromatic amines is 2. The van der Waals surface area contributed by atoms with Crippen molar-refractivity contribution in [2.24, 2.45) is 5.92 Å². The second-order valence-corrected chi connectivity index (χ2v) is 11.3. The number of carbonyl (C=O) groups excluding carboxylic acids is 1. The molecule has 1 aliphatic heterocycles. The van der Waals surface area contributed by atoms with Crippen LogP contribution < -0.4 is 10.2 Å². The van der Waals surface area contributed by atoms with Gasteiger partial charge in [-0.3, -0.25) is 24.8 Å². The molecule has 2 aliphatic rings. The normalized spacial score (nSPS) is 17.0. The summed E-state index contributed by atoms with van der Waals surface area (Å²) >= 11 is 0. The Bertz CT molecular complexity index is 1690. The van der Waals surface area contributed by atoms with E-state index in [2.05, 4.69) is 52.3 Å². The number of imidazole rings is 1. The number of aromatic nitrogens is 7. The number of nitrogens with one attached hydrogen (secondary N) is 3. The van der Waals surface area contributed by atoms with E-state index in [4.69, 9.17) is 4.98 Å². The fraction of sp³-hybridized carbons (Fsp3) is 0.400. The predicted molar refractivity (Wildman–Crippen MR) is 160 cm³/mol. The Morgan fingerprint density at radius 3 is 2.66 bits per heavy atom. The minimum absolute atomic E-state index is 0.0479. The van der Waals surface area contributed by atoms with E-state index in [0.29, 0.717) is 29.5 Å². The van der Waals surface area contributed by atoms with Crippen molar-refractivity contribution in [1.82, 2.24) is 40.0 Å². The highest BCUT2D eigenvalue weighted by Crippen LogP contribution is 2.32. The summed E-state index contributed by atoms with van der Waals surface area (Å²) in [5.41, 5.74) is 6.58. The molecule has 7 rings (SSSR count). The van der Waals surface area contributed by atoms with Gasteiger partial charge in [-0.05, 0) is 37.9 Å². The average Bonchev–Trinajstić information content (AvgIpc) is 3.62. The molecule has 210 valence electrons. The van der Waals surface area contributed by atoms with Crippen molar-refractivity contribution >= 4 is 39.2 Å². The lowest BCUT2D eigenvalue weighted by molar-refractivity contribution is -0.117. The van der Waals surface area contributed by atoms with E-state index in [0.717, 1.165) is 77.9 Å². The van der Waals surface area contributed by atoms with Crippen LogP contribution in [0.1, 0.15) is 38.5 Å². The van der Waals surface area contributed by atoms with Gasteiger partial charge in [0.25, 0.3) is 0 Å². The quantitative estimate of drug-likeness (QED) is 0.279. The van der Waals surface area contributed by atoms with Crippen molar-refractivity contribution in [3.8, 4) is 22.8 Å². The highest BCUT2D eigenvalue weighted by molar-refractivity contribution is 5.97. The molecule has 1 saturated heterocycles. The van der Waals surface area contributed by atoms with Crippen LogP contribution >= 0.6 is 0 Å². The van der Waals surface area contributed by atoms with Gasteiger partial charge in [-0.2, -0.15) is 5.10 Å². The van der Waals surface area contributed by atoms with Crippen LogP contribution in [-0.4, -0.2) is 79.2 Å². The van der Waals surface area contributed by atoms with Crippen LogP contribution in [0.15, 0.2) is 43.1 Å². The molecule has 0 radical (unpaired) electrons. The third-order valence-electron chi connectivity index (χ3n) is 8.41. The SMILES string of the molecule is CN1CCN(c2cncc3[nH]c(-c4n[nH]c5cnc(-c6cncc(NC(=O)CC7CCCCC7)c6)cc45)nc23)CC1. The molecular formula is C30H34N10O. The minimum Gasteiger partial charge on any atom is -0.366 e. The number of hydrogen-bond acceptors (Lipinski definition) is 8. The maximum absolute atomic E-state index is 12.7. The Labute approximate surface area is 237 Å². The Morgan fingerprint density at radius 1 is 0.976 bits per heavy atom. The Kier molecular flexibility index (Phi) is 6.79. The van der Waals surface area contributed by atoms with Crippen LogP contribution in [0.2, 0.25) is 0 Å². The molecule has 1 saturated carbocycles. The van der Waals surface area contributed by atoms with Crippen LogP contribution in [0.3, 0.4) is 0 Å². The summed E-state index contributed by atoms with van der Waals surface area (Å²) in [6.07, 6.45) is 15.5. The standard InChI is InChI=1S/C30H34N10O/c1-39-7-9-40(10-8-39)26-18-32-16-25-29(26)36-30(35-25)28-22-13-23(33-17-24(22)37-38-28)20-12-21(15-31-14-20)34-27(41)11-19-5-3-2-4-6-19/h12-19H,2-11H2,1H3,(H,34,41)(H,35,36)(H,37,38). The fourth-order valence-electron chi connectivity index (χ4n) is 6.08. The highest BCUT2D eigenvalue weighted by atomic mass is 16.1. The van der Waals surface area contributed by atoms with Gasteiger partial charge in [0, 0.05) is 49.7 Å². The molecule has 5 aromatic rings. The van der Waals surface area contributed by atoms with E-state index < -0.39 is 0 Å². The number of likely N-dealkylation sites (N-methyl/N-ethyl adjacent to an activating group) is 1. The number of piperazine rings is 1. The largest absolute Gasteiger partial charge is 0.366 e. The fourth-order valence-corrected chi connectivity index (χ4v) is 6.08. The topological polar surface area (TPSA) is 132 Å². The Hall–Kier alpha value is -4.38. The molecule has 1 amide bonds. The summed E-state index contributed by atoms with van der Waals surface area (Å²) < 4.78 is 0. The number of anilines is 2. The van der Waals surface area contributed by atoms with Crippen LogP contribution in [0, 0.1) is 5.92 Å². The predicted octanol–water partition coefficient (Wildman–Crippen LogP) is 4.62. The maximum Gasteiger partial charge on any atom is 0.224 e. The molecule has 0 bridgehead atoms. The first-order valence-electron chi connectivity index (χ1n) is 14.5. The Morgan fingerprint density at radius 2 is 1.80 bits per heavy atom. The number of fused-ring (bicyclic) bond motifs is 2. The van der Waals surface area contributed by atoms with Crippen LogP contribution in [0.5, 0.6) is 0 Å². The van der Waals surface area contributed by atoms with Crippen LogP contribution in [0.25, 0.3) is 44.7 Å². The van der Waals surface area contributed by atoms with Gasteiger partial charge in [-0.25, -0.2) is 4.98 Å². The first-order chi connectivity index (χ1) is 20.1. The van der Waals surface area contributed by atoms with Gasteiger partial charge >= 0.3 is 0 Å². The van der Waals surface area contributed by atoms with Crippen molar-refractivity contribution in [1.29, 1.82) is 0 Å². The first kappa shape index (κ1) is 25.6. The van der Waals surface area contributed by atoms with Gasteiger partial charge in [0.15, 0.2) is 5.82 Å². The van der Waals surface area contributed by atoms with E-state index in [1.807, 2.05) is 24.5 Å². The zero-order valence-electron chi connectivity index (χ0n) is 23.2. The van der Waals surface area contributed by atoms with Crippen molar-refractivity contribution in [3.05, 3.63) is 43.1 Å². The maximum atomic E-state index is 12.7. The zero-order chi connectivity index (χ0) is 27.8. The molecule has 11 nitrogen and oxygen atoms in total. The number of H-pyrrole nitrogens is 2. The number of nitrogens with zero attached hydrogens (tertiary/aromatic N) is 7. The molecular weight excluding hydrogens is 516 g/mol. The number of amides is 1. The van der Waals surface area contributed by atoms with E-state index in [1.165, 1.54) is 19.3 Å². The number of carbonyl (C=O) groups is 1. The summed E-state index contributed by atoms with van der Waals surface area (Å²) in [7, 11) is 2.15.